The molecule has 0 aromatic rings. The van der Waals surface area contributed by atoms with Crippen LogP contribution in [0.5, 0.6) is 0 Å². The first kappa shape index (κ1) is 9.50. The average Bonchev–Trinajstić information content (AvgIpc) is 2.10. The highest BCUT2D eigenvalue weighted by molar-refractivity contribution is 5.82. The Balaban J connectivity index is 4.04. The molecule has 6 heteroatoms. The lowest BCUT2D eigenvalue weighted by atomic mass is 10.1. The molecule has 0 fully saturated rings. The summed E-state index contributed by atoms with van der Waals surface area (Å²) in [6.45, 7) is 1.18. The molecule has 0 saturated carbocycles. The molecule has 3 N–H and O–H groups in total. The van der Waals surface area contributed by atoms with Gasteiger partial charge in [0.05, 0.1) is 0 Å². The van der Waals surface area contributed by atoms with Crippen molar-refractivity contribution in [1.82, 2.24) is 5.32 Å². The third-order valence-corrected chi connectivity index (χ3v) is 1.31. The number of amides is 1. The minimum Gasteiger partial charge on any atom is -0.481 e. The topological polar surface area (TPSA) is 104 Å². The summed E-state index contributed by atoms with van der Waals surface area (Å²) in [4.78, 5) is 31.6. The maximum Gasteiger partial charge on any atom is 0.326 e. The molecule has 0 aromatic heterocycles. The highest BCUT2D eigenvalue weighted by Gasteiger charge is 2.18. The summed E-state index contributed by atoms with van der Waals surface area (Å²) >= 11 is 0. The minimum atomic E-state index is -1.22. The zero-order valence-electron chi connectivity index (χ0n) is 8.07. The van der Waals surface area contributed by atoms with Gasteiger partial charge >= 0.3 is 11.9 Å². The summed E-state index contributed by atoms with van der Waals surface area (Å²) in [7, 11) is 0. The SMILES string of the molecule is [2H]OC(=O)CC[C@H](NC(C)=O)C(=O)O. The van der Waals surface area contributed by atoms with Crippen molar-refractivity contribution in [3.8, 4) is 0 Å². The van der Waals surface area contributed by atoms with Gasteiger partial charge in [0.25, 0.3) is 1.43 Å². The van der Waals surface area contributed by atoms with E-state index in [4.69, 9.17) is 6.54 Å². The van der Waals surface area contributed by atoms with E-state index in [1.54, 1.807) is 0 Å². The van der Waals surface area contributed by atoms with E-state index in [-0.39, 0.29) is 12.8 Å². The number of carboxylic acids is 2. The van der Waals surface area contributed by atoms with Crippen LogP contribution >= 0.6 is 0 Å². The molecule has 0 unspecified atom stereocenters. The highest BCUT2D eigenvalue weighted by atomic mass is 16.4. The van der Waals surface area contributed by atoms with Gasteiger partial charge in [0.1, 0.15) is 6.04 Å². The van der Waals surface area contributed by atoms with Gasteiger partial charge in [-0.15, -0.1) is 0 Å². The molecule has 13 heavy (non-hydrogen) atoms. The van der Waals surface area contributed by atoms with Crippen molar-refractivity contribution in [3.05, 3.63) is 0 Å². The summed E-state index contributed by atoms with van der Waals surface area (Å²) < 4.78 is 6.22. The van der Waals surface area contributed by atoms with E-state index in [0.717, 1.165) is 0 Å². The summed E-state index contributed by atoms with van der Waals surface area (Å²) in [6, 6.07) is -1.12. The van der Waals surface area contributed by atoms with Crippen molar-refractivity contribution in [2.75, 3.05) is 0 Å². The smallest absolute Gasteiger partial charge is 0.326 e. The van der Waals surface area contributed by atoms with Gasteiger partial charge in [-0.2, -0.15) is 0 Å². The Morgan fingerprint density at radius 1 is 1.54 bits per heavy atom. The quantitative estimate of drug-likeness (QED) is 0.539. The molecular weight excluding hydrogens is 178 g/mol. The fourth-order valence-corrected chi connectivity index (χ4v) is 0.765. The van der Waals surface area contributed by atoms with Gasteiger partial charge in [-0.3, -0.25) is 9.59 Å². The van der Waals surface area contributed by atoms with Crippen LogP contribution in [0.4, 0.5) is 0 Å². The monoisotopic (exact) mass is 190 g/mol. The molecule has 0 aromatic carbocycles. The molecule has 0 spiro atoms. The summed E-state index contributed by atoms with van der Waals surface area (Å²) in [5.41, 5.74) is 0. The molecule has 0 saturated heterocycles. The van der Waals surface area contributed by atoms with Gasteiger partial charge in [-0.1, -0.05) is 0 Å². The van der Waals surface area contributed by atoms with E-state index < -0.39 is 23.9 Å². The first-order chi connectivity index (χ1) is 6.47. The number of aliphatic carboxylic acids is 2. The first-order valence-corrected chi connectivity index (χ1v) is 3.63. The van der Waals surface area contributed by atoms with Crippen LogP contribution in [0.15, 0.2) is 0 Å². The van der Waals surface area contributed by atoms with Crippen molar-refractivity contribution in [3.63, 3.8) is 0 Å². The second-order valence-electron chi connectivity index (χ2n) is 2.50. The van der Waals surface area contributed by atoms with Gasteiger partial charge in [0.2, 0.25) is 5.91 Å². The number of carboxylic acid groups (broad SMARTS) is 2. The standard InChI is InChI=1S/C7H11NO5/c1-4(9)8-5(7(12)13)2-3-6(10)11/h5H,2-3H2,1H3,(H,8,9)(H,10,11)(H,12,13)/t5-/m0/s1/i/hD. The van der Waals surface area contributed by atoms with Crippen LogP contribution < -0.4 is 5.32 Å². The molecule has 0 aliphatic heterocycles. The predicted molar refractivity (Wildman–Crippen MR) is 42.1 cm³/mol. The number of rotatable bonds is 5. The molecule has 0 rings (SSSR count). The Labute approximate surface area is 76.0 Å². The zero-order valence-corrected chi connectivity index (χ0v) is 7.07. The Bertz CT molecular complexity index is 242. The first-order valence-electron chi connectivity index (χ1n) is 4.04. The van der Waals surface area contributed by atoms with Crippen LogP contribution in [0, 0.1) is 0 Å². The maximum atomic E-state index is 10.5. The third kappa shape index (κ3) is 5.66. The fourth-order valence-electron chi connectivity index (χ4n) is 0.765. The largest absolute Gasteiger partial charge is 0.481 e. The lowest BCUT2D eigenvalue weighted by molar-refractivity contribution is -0.142. The van der Waals surface area contributed by atoms with Crippen molar-refractivity contribution < 1.29 is 24.6 Å². The van der Waals surface area contributed by atoms with E-state index >= 15 is 0 Å². The summed E-state index contributed by atoms with van der Waals surface area (Å²) in [5, 5.41) is 14.3. The fraction of sp³-hybridized carbons (Fsp3) is 0.571. The van der Waals surface area contributed by atoms with Gasteiger partial charge < -0.3 is 15.5 Å². The van der Waals surface area contributed by atoms with Crippen molar-refractivity contribution in [2.45, 2.75) is 25.8 Å². The molecule has 0 aliphatic carbocycles. The Morgan fingerprint density at radius 2 is 2.15 bits per heavy atom. The highest BCUT2D eigenvalue weighted by Crippen LogP contribution is 1.97. The number of hydrogen-bond acceptors (Lipinski definition) is 4. The predicted octanol–water partition coefficient (Wildman–Crippen LogP) is -0.560. The molecular formula is C7H11NO5. The minimum absolute atomic E-state index is 0.0906. The average molecular weight is 190 g/mol. The Hall–Kier alpha value is -1.59. The number of hydrogen-bond donors (Lipinski definition) is 3. The normalized spacial score (nSPS) is 12.5. The number of carbonyl (C=O) groups is 3. The zero-order chi connectivity index (χ0) is 11.1. The lowest BCUT2D eigenvalue weighted by Gasteiger charge is -2.10. The van der Waals surface area contributed by atoms with E-state index in [2.05, 4.69) is 10.4 Å². The van der Waals surface area contributed by atoms with E-state index in [9.17, 15) is 14.4 Å². The van der Waals surface area contributed by atoms with Crippen LogP contribution in [-0.4, -0.2) is 34.1 Å². The third-order valence-electron chi connectivity index (χ3n) is 1.31. The van der Waals surface area contributed by atoms with Crippen molar-refractivity contribution in [1.29, 1.82) is 1.43 Å². The van der Waals surface area contributed by atoms with Crippen LogP contribution in [0.2, 0.25) is 0 Å². The van der Waals surface area contributed by atoms with Crippen LogP contribution in [-0.2, 0) is 14.4 Å². The molecule has 1 atom stereocenters. The van der Waals surface area contributed by atoms with E-state index in [1.807, 2.05) is 0 Å². The molecule has 0 radical (unpaired) electrons. The van der Waals surface area contributed by atoms with Gasteiger partial charge in [-0.25, -0.2) is 4.79 Å². The molecule has 1 amide bonds. The number of nitrogens with one attached hydrogen (secondary N) is 1. The number of carbonyl (C=O) groups excluding carboxylic acids is 1. The maximum absolute atomic E-state index is 10.5. The van der Waals surface area contributed by atoms with E-state index in [1.165, 1.54) is 6.92 Å². The van der Waals surface area contributed by atoms with Gasteiger partial charge in [0.15, 0.2) is 0 Å². The Morgan fingerprint density at radius 3 is 2.54 bits per heavy atom. The molecule has 0 heterocycles. The summed E-state index contributed by atoms with van der Waals surface area (Å²) in [6.07, 6.45) is -0.312. The van der Waals surface area contributed by atoms with Crippen molar-refractivity contribution in [2.24, 2.45) is 0 Å². The van der Waals surface area contributed by atoms with Crippen LogP contribution in [0.1, 0.15) is 19.8 Å². The molecule has 74 valence electrons. The van der Waals surface area contributed by atoms with Crippen LogP contribution in [0.3, 0.4) is 0 Å². The second-order valence-corrected chi connectivity index (χ2v) is 2.50. The van der Waals surface area contributed by atoms with Gasteiger partial charge in [0, 0.05) is 13.3 Å². The molecule has 0 aliphatic rings. The van der Waals surface area contributed by atoms with Crippen molar-refractivity contribution >= 4 is 17.8 Å². The van der Waals surface area contributed by atoms with Crippen LogP contribution in [0.25, 0.3) is 1.43 Å². The van der Waals surface area contributed by atoms with E-state index in [0.29, 0.717) is 0 Å². The van der Waals surface area contributed by atoms with Gasteiger partial charge in [-0.05, 0) is 6.42 Å². The summed E-state index contributed by atoms with van der Waals surface area (Å²) in [5.74, 6) is -2.55. The Kier molecular flexibility index (Phi) is 3.74. The molecule has 0 bridgehead atoms. The lowest BCUT2D eigenvalue weighted by Crippen LogP contribution is -2.39. The second kappa shape index (κ2) is 5.13. The molecule has 6 nitrogen and oxygen atoms in total.